The number of anilines is 1. The smallest absolute Gasteiger partial charge is 0.178 e. The lowest BCUT2D eigenvalue weighted by Crippen LogP contribution is -2.04. The Morgan fingerprint density at radius 1 is 1.10 bits per heavy atom. The summed E-state index contributed by atoms with van der Waals surface area (Å²) in [6, 6.07) is 10.6. The number of nitrogens with zero attached hydrogens (tertiary/aromatic N) is 3. The second kappa shape index (κ2) is 6.38. The van der Waals surface area contributed by atoms with E-state index in [-0.39, 0.29) is 21.9 Å². The van der Waals surface area contributed by atoms with Crippen LogP contribution in [0.25, 0.3) is 0 Å². The Hall–Kier alpha value is -2.82. The lowest BCUT2D eigenvalue weighted by atomic mass is 10.2. The summed E-state index contributed by atoms with van der Waals surface area (Å²) in [5, 5.41) is 28.9. The van der Waals surface area contributed by atoms with Crippen molar-refractivity contribution in [3.63, 3.8) is 0 Å². The molecule has 0 radical (unpaired) electrons. The minimum absolute atomic E-state index is 0.00383. The van der Waals surface area contributed by atoms with Gasteiger partial charge in [-0.15, -0.1) is 0 Å². The Morgan fingerprint density at radius 2 is 1.65 bits per heavy atom. The molecule has 0 unspecified atom stereocenters. The van der Waals surface area contributed by atoms with Crippen molar-refractivity contribution in [3.05, 3.63) is 35.5 Å². The topological polar surface area (TPSA) is 118 Å². The molecule has 0 amide bonds. The molecule has 1 rings (SSSR count). The van der Waals surface area contributed by atoms with Gasteiger partial charge in [0.1, 0.15) is 23.9 Å². The Bertz CT molecular complexity index is 741. The SMILES string of the molecule is CCS(=O)(=O)c1ccc(NC(C#N)=C(C#N)C#N)cc1. The average Bonchev–Trinajstić information content (AvgIpc) is 2.47. The molecular weight excluding hydrogens is 276 g/mol. The van der Waals surface area contributed by atoms with Gasteiger partial charge < -0.3 is 5.32 Å². The van der Waals surface area contributed by atoms with Gasteiger partial charge in [0.2, 0.25) is 0 Å². The minimum atomic E-state index is -3.28. The quantitative estimate of drug-likeness (QED) is 0.842. The fraction of sp³-hybridized carbons (Fsp3) is 0.154. The van der Waals surface area contributed by atoms with Crippen molar-refractivity contribution < 1.29 is 8.42 Å². The molecule has 6 nitrogen and oxygen atoms in total. The van der Waals surface area contributed by atoms with Gasteiger partial charge >= 0.3 is 0 Å². The monoisotopic (exact) mass is 286 g/mol. The zero-order chi connectivity index (χ0) is 15.2. The molecule has 0 bridgehead atoms. The molecule has 0 saturated heterocycles. The molecule has 1 N–H and O–H groups in total. The van der Waals surface area contributed by atoms with Crippen LogP contribution in [0.1, 0.15) is 6.92 Å². The Labute approximate surface area is 117 Å². The number of allylic oxidation sites excluding steroid dienone is 2. The first kappa shape index (κ1) is 15.2. The molecule has 0 saturated carbocycles. The first-order valence-corrected chi connectivity index (χ1v) is 7.18. The van der Waals surface area contributed by atoms with Crippen LogP contribution < -0.4 is 5.32 Å². The van der Waals surface area contributed by atoms with Gasteiger partial charge in [-0.25, -0.2) is 8.42 Å². The lowest BCUT2D eigenvalue weighted by molar-refractivity contribution is 0.597. The van der Waals surface area contributed by atoms with Crippen molar-refractivity contribution >= 4 is 15.5 Å². The second-order valence-electron chi connectivity index (χ2n) is 3.64. The van der Waals surface area contributed by atoms with Crippen LogP contribution in [0.5, 0.6) is 0 Å². The standard InChI is InChI=1S/C13H10N4O2S/c1-2-20(18,19)12-5-3-11(4-6-12)17-13(9-16)10(7-14)8-15/h3-6,17H,2H2,1H3. The van der Waals surface area contributed by atoms with Crippen LogP contribution in [0.2, 0.25) is 0 Å². The highest BCUT2D eigenvalue weighted by Crippen LogP contribution is 2.17. The van der Waals surface area contributed by atoms with Crippen LogP contribution in [-0.2, 0) is 9.84 Å². The van der Waals surface area contributed by atoms with Crippen molar-refractivity contribution in [2.24, 2.45) is 0 Å². The van der Waals surface area contributed by atoms with Gasteiger partial charge in [0.25, 0.3) is 0 Å². The molecule has 0 aliphatic carbocycles. The van der Waals surface area contributed by atoms with Gasteiger partial charge in [-0.1, -0.05) is 6.92 Å². The maximum Gasteiger partial charge on any atom is 0.178 e. The van der Waals surface area contributed by atoms with Gasteiger partial charge in [0, 0.05) is 5.69 Å². The van der Waals surface area contributed by atoms with Crippen molar-refractivity contribution in [1.82, 2.24) is 0 Å². The molecule has 0 atom stereocenters. The predicted octanol–water partition coefficient (Wildman–Crippen LogP) is 1.72. The third kappa shape index (κ3) is 3.35. The van der Waals surface area contributed by atoms with Crippen molar-refractivity contribution in [1.29, 1.82) is 15.8 Å². The summed E-state index contributed by atoms with van der Waals surface area (Å²) in [5.41, 5.74) is -0.0987. The number of hydrogen-bond acceptors (Lipinski definition) is 6. The van der Waals surface area contributed by atoms with E-state index in [1.165, 1.54) is 24.3 Å². The molecule has 0 aliphatic rings. The van der Waals surface area contributed by atoms with Gasteiger partial charge in [-0.05, 0) is 24.3 Å². The van der Waals surface area contributed by atoms with E-state index in [1.54, 1.807) is 25.1 Å². The molecule has 0 heterocycles. The van der Waals surface area contributed by atoms with Gasteiger partial charge in [0.05, 0.1) is 10.6 Å². The van der Waals surface area contributed by atoms with Crippen LogP contribution in [-0.4, -0.2) is 14.2 Å². The van der Waals surface area contributed by atoms with Gasteiger partial charge in [-0.2, -0.15) is 15.8 Å². The fourth-order valence-electron chi connectivity index (χ4n) is 1.34. The maximum absolute atomic E-state index is 11.6. The zero-order valence-corrected chi connectivity index (χ0v) is 11.4. The molecule has 20 heavy (non-hydrogen) atoms. The molecule has 1 aromatic carbocycles. The normalized spacial score (nSPS) is 9.70. The molecule has 100 valence electrons. The third-order valence-corrected chi connectivity index (χ3v) is 4.20. The number of rotatable bonds is 4. The Morgan fingerprint density at radius 3 is 2.05 bits per heavy atom. The third-order valence-electron chi connectivity index (χ3n) is 2.45. The summed E-state index contributed by atoms with van der Waals surface area (Å²) in [4.78, 5) is 0.175. The highest BCUT2D eigenvalue weighted by molar-refractivity contribution is 7.91. The lowest BCUT2D eigenvalue weighted by Gasteiger charge is -2.06. The first-order valence-electron chi connectivity index (χ1n) is 5.53. The summed E-state index contributed by atoms with van der Waals surface area (Å²) in [6.45, 7) is 1.55. The molecule has 0 spiro atoms. The fourth-order valence-corrected chi connectivity index (χ4v) is 2.22. The van der Waals surface area contributed by atoms with Crippen LogP contribution in [0.3, 0.4) is 0 Å². The van der Waals surface area contributed by atoms with Crippen molar-refractivity contribution in [3.8, 4) is 18.2 Å². The molecule has 0 aromatic heterocycles. The highest BCUT2D eigenvalue weighted by atomic mass is 32.2. The highest BCUT2D eigenvalue weighted by Gasteiger charge is 2.11. The predicted molar refractivity (Wildman–Crippen MR) is 71.7 cm³/mol. The van der Waals surface area contributed by atoms with Crippen molar-refractivity contribution in [2.45, 2.75) is 11.8 Å². The zero-order valence-electron chi connectivity index (χ0n) is 10.6. The number of nitriles is 3. The van der Waals surface area contributed by atoms with Crippen LogP contribution in [0.4, 0.5) is 5.69 Å². The van der Waals surface area contributed by atoms with E-state index in [0.29, 0.717) is 5.69 Å². The van der Waals surface area contributed by atoms with Crippen LogP contribution in [0, 0.1) is 34.0 Å². The second-order valence-corrected chi connectivity index (χ2v) is 5.92. The summed E-state index contributed by atoms with van der Waals surface area (Å²) in [5.74, 6) is -0.00383. The summed E-state index contributed by atoms with van der Waals surface area (Å²) in [7, 11) is -3.28. The van der Waals surface area contributed by atoms with Gasteiger partial charge in [-0.3, -0.25) is 0 Å². The average molecular weight is 286 g/mol. The van der Waals surface area contributed by atoms with Crippen molar-refractivity contribution in [2.75, 3.05) is 11.1 Å². The van der Waals surface area contributed by atoms with Crippen LogP contribution in [0.15, 0.2) is 40.4 Å². The largest absolute Gasteiger partial charge is 0.345 e. The summed E-state index contributed by atoms with van der Waals surface area (Å²) >= 11 is 0. The van der Waals surface area contributed by atoms with E-state index in [0.717, 1.165) is 0 Å². The molecular formula is C13H10N4O2S. The van der Waals surface area contributed by atoms with E-state index in [4.69, 9.17) is 15.8 Å². The molecule has 7 heteroatoms. The maximum atomic E-state index is 11.6. The van der Waals surface area contributed by atoms with Crippen LogP contribution >= 0.6 is 0 Å². The molecule has 0 aliphatic heterocycles. The molecule has 1 aromatic rings. The number of nitrogens with one attached hydrogen (secondary N) is 1. The summed E-state index contributed by atoms with van der Waals surface area (Å²) < 4.78 is 23.2. The molecule has 0 fully saturated rings. The summed E-state index contributed by atoms with van der Waals surface area (Å²) in [6.07, 6.45) is 0. The first-order chi connectivity index (χ1) is 9.48. The van der Waals surface area contributed by atoms with E-state index in [1.807, 2.05) is 0 Å². The van der Waals surface area contributed by atoms with E-state index < -0.39 is 9.84 Å². The minimum Gasteiger partial charge on any atom is -0.345 e. The Kier molecular flexibility index (Phi) is 4.86. The number of hydrogen-bond donors (Lipinski definition) is 1. The van der Waals surface area contributed by atoms with Gasteiger partial charge in [0.15, 0.2) is 15.4 Å². The van der Waals surface area contributed by atoms with E-state index in [2.05, 4.69) is 5.32 Å². The van der Waals surface area contributed by atoms with E-state index in [9.17, 15) is 8.42 Å². The number of sulfone groups is 1. The Balaban J connectivity index is 3.10. The van der Waals surface area contributed by atoms with E-state index >= 15 is 0 Å². The number of benzene rings is 1.